The number of rotatable bonds is 3. The van der Waals surface area contributed by atoms with Crippen molar-refractivity contribution in [2.45, 2.75) is 25.8 Å². The molecular formula is C13H13ClN4S. The summed E-state index contributed by atoms with van der Waals surface area (Å²) in [6.07, 6.45) is 5.46. The van der Waals surface area contributed by atoms with Crippen LogP contribution in [0.25, 0.3) is 11.0 Å². The first-order valence-corrected chi connectivity index (χ1v) is 7.26. The molecule has 4 nitrogen and oxygen atoms in total. The van der Waals surface area contributed by atoms with Gasteiger partial charge in [0, 0.05) is 17.3 Å². The van der Waals surface area contributed by atoms with Gasteiger partial charge in [-0.05, 0) is 19.9 Å². The van der Waals surface area contributed by atoms with Crippen molar-refractivity contribution < 1.29 is 0 Å². The summed E-state index contributed by atoms with van der Waals surface area (Å²) in [6.45, 7) is 4.69. The molecule has 0 aromatic carbocycles. The first-order chi connectivity index (χ1) is 9.15. The second-order valence-electron chi connectivity index (χ2n) is 4.38. The van der Waals surface area contributed by atoms with Gasteiger partial charge in [0.25, 0.3) is 0 Å². The van der Waals surface area contributed by atoms with E-state index in [0.717, 1.165) is 28.4 Å². The summed E-state index contributed by atoms with van der Waals surface area (Å²) in [6, 6.07) is 1.97. The highest BCUT2D eigenvalue weighted by Crippen LogP contribution is 2.26. The molecule has 3 aromatic heterocycles. The van der Waals surface area contributed by atoms with Crippen molar-refractivity contribution in [2.24, 2.45) is 0 Å². The average Bonchev–Trinajstić information content (AvgIpc) is 2.95. The Kier molecular flexibility index (Phi) is 3.24. The zero-order chi connectivity index (χ0) is 13.4. The minimum Gasteiger partial charge on any atom is -0.321 e. The maximum atomic E-state index is 6.24. The highest BCUT2D eigenvalue weighted by molar-refractivity contribution is 7.11. The van der Waals surface area contributed by atoms with E-state index in [9.17, 15) is 0 Å². The number of hydrogen-bond acceptors (Lipinski definition) is 4. The predicted molar refractivity (Wildman–Crippen MR) is 77.7 cm³/mol. The van der Waals surface area contributed by atoms with Gasteiger partial charge in [-0.15, -0.1) is 22.9 Å². The van der Waals surface area contributed by atoms with Crippen LogP contribution in [0.1, 0.15) is 28.0 Å². The Morgan fingerprint density at radius 1 is 1.42 bits per heavy atom. The number of alkyl halides is 1. The number of halogens is 1. The van der Waals surface area contributed by atoms with Crippen LogP contribution in [0.3, 0.4) is 0 Å². The fourth-order valence-electron chi connectivity index (χ4n) is 2.10. The number of pyridine rings is 1. The van der Waals surface area contributed by atoms with E-state index in [1.54, 1.807) is 23.7 Å². The molecule has 1 atom stereocenters. The lowest BCUT2D eigenvalue weighted by Gasteiger charge is -2.08. The molecule has 0 aliphatic rings. The third-order valence-electron chi connectivity index (χ3n) is 2.92. The van der Waals surface area contributed by atoms with E-state index < -0.39 is 0 Å². The van der Waals surface area contributed by atoms with Crippen LogP contribution in [0, 0.1) is 6.92 Å². The normalized spacial score (nSPS) is 13.0. The maximum Gasteiger partial charge on any atom is 0.128 e. The number of nitrogens with zero attached hydrogens (tertiary/aromatic N) is 4. The molecule has 0 saturated carbocycles. The molecule has 6 heteroatoms. The third-order valence-corrected chi connectivity index (χ3v) is 4.01. The van der Waals surface area contributed by atoms with Crippen LogP contribution in [0.15, 0.2) is 24.7 Å². The van der Waals surface area contributed by atoms with Gasteiger partial charge in [-0.25, -0.2) is 9.97 Å². The van der Waals surface area contributed by atoms with Crippen LogP contribution in [-0.2, 0) is 6.54 Å². The summed E-state index contributed by atoms with van der Waals surface area (Å²) < 4.78 is 2.14. The van der Waals surface area contributed by atoms with Gasteiger partial charge in [0.2, 0.25) is 0 Å². The van der Waals surface area contributed by atoms with Gasteiger partial charge >= 0.3 is 0 Å². The Morgan fingerprint density at radius 3 is 2.95 bits per heavy atom. The highest BCUT2D eigenvalue weighted by atomic mass is 35.5. The fraction of sp³-hybridized carbons (Fsp3) is 0.308. The maximum absolute atomic E-state index is 6.24. The van der Waals surface area contributed by atoms with Crippen molar-refractivity contribution in [1.82, 2.24) is 19.5 Å². The lowest BCUT2D eigenvalue weighted by atomic mass is 10.4. The smallest absolute Gasteiger partial charge is 0.128 e. The monoisotopic (exact) mass is 292 g/mol. The van der Waals surface area contributed by atoms with Crippen molar-refractivity contribution in [2.75, 3.05) is 0 Å². The van der Waals surface area contributed by atoms with Crippen LogP contribution < -0.4 is 0 Å². The van der Waals surface area contributed by atoms with E-state index in [4.69, 9.17) is 11.6 Å². The van der Waals surface area contributed by atoms with E-state index in [2.05, 4.69) is 19.5 Å². The van der Waals surface area contributed by atoms with E-state index in [0.29, 0.717) is 0 Å². The highest BCUT2D eigenvalue weighted by Gasteiger charge is 2.15. The molecule has 0 amide bonds. The Morgan fingerprint density at radius 2 is 2.26 bits per heavy atom. The Hall–Kier alpha value is -1.46. The summed E-state index contributed by atoms with van der Waals surface area (Å²) in [7, 11) is 0. The topological polar surface area (TPSA) is 43.6 Å². The number of aromatic nitrogens is 4. The largest absolute Gasteiger partial charge is 0.321 e. The van der Waals surface area contributed by atoms with Crippen molar-refractivity contribution >= 4 is 34.0 Å². The first-order valence-electron chi connectivity index (χ1n) is 6.00. The van der Waals surface area contributed by atoms with E-state index in [1.165, 1.54) is 4.88 Å². The molecule has 3 rings (SSSR count). The first kappa shape index (κ1) is 12.6. The molecule has 19 heavy (non-hydrogen) atoms. The van der Waals surface area contributed by atoms with Gasteiger partial charge in [-0.2, -0.15) is 0 Å². The quantitative estimate of drug-likeness (QED) is 0.694. The van der Waals surface area contributed by atoms with Crippen LogP contribution in [-0.4, -0.2) is 19.5 Å². The molecule has 0 fully saturated rings. The fourth-order valence-corrected chi connectivity index (χ4v) is 3.05. The number of thiazole rings is 1. The molecule has 0 bridgehead atoms. The van der Waals surface area contributed by atoms with Crippen molar-refractivity contribution in [1.29, 1.82) is 0 Å². The zero-order valence-corrected chi connectivity index (χ0v) is 12.2. The number of fused-ring (bicyclic) bond motifs is 1. The molecule has 0 radical (unpaired) electrons. The number of aryl methyl sites for hydroxylation is 1. The summed E-state index contributed by atoms with van der Waals surface area (Å²) in [5.74, 6) is 0.871. The van der Waals surface area contributed by atoms with Gasteiger partial charge in [0.1, 0.15) is 11.3 Å². The van der Waals surface area contributed by atoms with Crippen molar-refractivity contribution in [3.63, 3.8) is 0 Å². The SMILES string of the molecule is Cc1ncc(Cn2c(C(C)Cl)nc3cnccc32)s1. The Bertz CT molecular complexity index is 716. The molecule has 0 spiro atoms. The van der Waals surface area contributed by atoms with Crippen LogP contribution >= 0.6 is 22.9 Å². The summed E-state index contributed by atoms with van der Waals surface area (Å²) in [4.78, 5) is 14.2. The predicted octanol–water partition coefficient (Wildman–Crippen LogP) is 3.54. The molecular weight excluding hydrogens is 280 g/mol. The van der Waals surface area contributed by atoms with E-state index in [1.807, 2.05) is 26.1 Å². The van der Waals surface area contributed by atoms with Crippen LogP contribution in [0.5, 0.6) is 0 Å². The average molecular weight is 293 g/mol. The summed E-state index contributed by atoms with van der Waals surface area (Å²) in [5, 5.41) is 0.933. The second kappa shape index (κ2) is 4.90. The third kappa shape index (κ3) is 2.35. The van der Waals surface area contributed by atoms with Crippen molar-refractivity contribution in [3.8, 4) is 0 Å². The van der Waals surface area contributed by atoms with E-state index >= 15 is 0 Å². The molecule has 0 aliphatic heterocycles. The number of imidazole rings is 1. The van der Waals surface area contributed by atoms with Gasteiger partial charge in [0.05, 0.1) is 28.6 Å². The molecule has 98 valence electrons. The molecule has 0 saturated heterocycles. The van der Waals surface area contributed by atoms with Gasteiger partial charge in [-0.1, -0.05) is 0 Å². The van der Waals surface area contributed by atoms with E-state index in [-0.39, 0.29) is 5.38 Å². The molecule has 0 aliphatic carbocycles. The van der Waals surface area contributed by atoms with Gasteiger partial charge in [0.15, 0.2) is 0 Å². The lowest BCUT2D eigenvalue weighted by molar-refractivity contribution is 0.749. The summed E-state index contributed by atoms with van der Waals surface area (Å²) in [5.41, 5.74) is 1.94. The minimum absolute atomic E-state index is 0.138. The lowest BCUT2D eigenvalue weighted by Crippen LogP contribution is -2.04. The van der Waals surface area contributed by atoms with Crippen LogP contribution in [0.2, 0.25) is 0 Å². The Balaban J connectivity index is 2.12. The second-order valence-corrected chi connectivity index (χ2v) is 6.36. The molecule has 3 aromatic rings. The number of hydrogen-bond donors (Lipinski definition) is 0. The van der Waals surface area contributed by atoms with Gasteiger partial charge < -0.3 is 4.57 Å². The minimum atomic E-state index is -0.138. The zero-order valence-electron chi connectivity index (χ0n) is 10.7. The summed E-state index contributed by atoms with van der Waals surface area (Å²) >= 11 is 7.93. The molecule has 3 heterocycles. The van der Waals surface area contributed by atoms with Crippen molar-refractivity contribution in [3.05, 3.63) is 40.4 Å². The molecule has 0 N–H and O–H groups in total. The van der Waals surface area contributed by atoms with Gasteiger partial charge in [-0.3, -0.25) is 4.98 Å². The molecule has 1 unspecified atom stereocenters. The standard InChI is InChI=1S/C13H13ClN4S/c1-8(14)13-17-11-6-15-4-3-12(11)18(13)7-10-5-16-9(2)19-10/h3-6,8H,7H2,1-2H3. The van der Waals surface area contributed by atoms with Crippen LogP contribution in [0.4, 0.5) is 0 Å². The Labute approximate surface area is 120 Å².